The van der Waals surface area contributed by atoms with Crippen molar-refractivity contribution >= 4 is 53.2 Å². The molecule has 10 N–H and O–H groups in total. The zero-order valence-electron chi connectivity index (χ0n) is 51.0. The van der Waals surface area contributed by atoms with Crippen molar-refractivity contribution in [2.75, 3.05) is 33.7 Å². The number of carbonyl (C=O) groups excluding carboxylic acids is 9. The lowest BCUT2D eigenvalue weighted by atomic mass is 9.96. The van der Waals surface area contributed by atoms with Crippen LogP contribution in [0.15, 0.2) is 18.3 Å². The van der Waals surface area contributed by atoms with Gasteiger partial charge in [-0.15, -0.1) is 0 Å². The van der Waals surface area contributed by atoms with Gasteiger partial charge in [0, 0.05) is 44.0 Å². The minimum Gasteiger partial charge on any atom is -0.364 e. The lowest BCUT2D eigenvalue weighted by Crippen LogP contribution is -2.65. The maximum absolute atomic E-state index is 14.3. The maximum Gasteiger partial charge on any atom is 0.246 e. The Balaban J connectivity index is 2.21. The molecule has 0 spiro atoms. The van der Waals surface area contributed by atoms with Gasteiger partial charge in [-0.25, -0.2) is 0 Å². The monoisotopic (exact) mass is 1110 g/mol. The molecule has 1 fully saturated rings. The highest BCUT2D eigenvalue weighted by atomic mass is 16.2. The molecule has 1 aromatic rings. The van der Waals surface area contributed by atoms with Crippen molar-refractivity contribution in [2.45, 2.75) is 240 Å². The lowest BCUT2D eigenvalue weighted by molar-refractivity contribution is -0.139. The molecule has 1 aromatic heterocycles. The van der Waals surface area contributed by atoms with E-state index in [1.165, 1.54) is 41.5 Å². The van der Waals surface area contributed by atoms with Crippen LogP contribution in [0.1, 0.15) is 186 Å². The molecule has 21 heteroatoms. The first kappa shape index (κ1) is 69.5. The molecule has 0 radical (unpaired) electrons. The van der Waals surface area contributed by atoms with Crippen molar-refractivity contribution < 1.29 is 43.2 Å². The summed E-state index contributed by atoms with van der Waals surface area (Å²) in [6.07, 6.45) is 10.3. The molecule has 2 heterocycles. The van der Waals surface area contributed by atoms with Crippen molar-refractivity contribution in [1.82, 2.24) is 62.6 Å². The van der Waals surface area contributed by atoms with E-state index in [9.17, 15) is 43.2 Å². The number of amides is 9. The zero-order valence-corrected chi connectivity index (χ0v) is 51.0. The SMILES string of the molecule is CCCCCCCC[C@H](NC(=O)[C@@H]1CCCN1Cc1ccc[nH]1)C(=O)N[C@@H](CC(C)C)C(=O)NC(C)(C)C(=O)N[C@@H](CC(C)C)C(=O)N[C@@H](CC(C)C)C(=O)NC(C)(C)C(=O)NC(C)(C)C(=O)NCCC(=O)N[C@@H](C)CN(C)C. The molecule has 2 rings (SSSR count). The molecule has 0 aromatic carbocycles. The van der Waals surface area contributed by atoms with Crippen LogP contribution in [-0.4, -0.2) is 155 Å². The molecule has 21 nitrogen and oxygen atoms in total. The fourth-order valence-electron chi connectivity index (χ4n) is 9.51. The van der Waals surface area contributed by atoms with Crippen LogP contribution in [-0.2, 0) is 49.7 Å². The normalized spacial score (nSPS) is 16.1. The number of aromatic amines is 1. The van der Waals surface area contributed by atoms with Crippen LogP contribution in [0.4, 0.5) is 0 Å². The van der Waals surface area contributed by atoms with Crippen LogP contribution < -0.4 is 47.9 Å². The van der Waals surface area contributed by atoms with Crippen molar-refractivity contribution in [3.05, 3.63) is 24.0 Å². The number of carbonyl (C=O) groups is 9. The number of likely N-dealkylation sites (N-methyl/N-ethyl adjacent to an activating group) is 1. The quantitative estimate of drug-likeness (QED) is 0.0428. The summed E-state index contributed by atoms with van der Waals surface area (Å²) in [7, 11) is 3.80. The summed E-state index contributed by atoms with van der Waals surface area (Å²) in [6, 6.07) is -0.848. The second-order valence-corrected chi connectivity index (χ2v) is 25.0. The third-order valence-corrected chi connectivity index (χ3v) is 13.9. The largest absolute Gasteiger partial charge is 0.364 e. The molecule has 1 aliphatic heterocycles. The van der Waals surface area contributed by atoms with Gasteiger partial charge in [-0.05, 0) is 138 Å². The van der Waals surface area contributed by atoms with E-state index in [4.69, 9.17) is 0 Å². The Hall–Kier alpha value is -5.57. The third-order valence-electron chi connectivity index (χ3n) is 13.9. The molecule has 0 saturated carbocycles. The number of aromatic nitrogens is 1. The highest BCUT2D eigenvalue weighted by Crippen LogP contribution is 2.21. The first-order valence-corrected chi connectivity index (χ1v) is 29.1. The van der Waals surface area contributed by atoms with E-state index in [0.717, 1.165) is 50.8 Å². The highest BCUT2D eigenvalue weighted by Gasteiger charge is 2.41. The highest BCUT2D eigenvalue weighted by molar-refractivity contribution is 6.00. The van der Waals surface area contributed by atoms with Gasteiger partial charge < -0.3 is 57.7 Å². The Morgan fingerprint density at radius 3 is 1.65 bits per heavy atom. The Morgan fingerprint density at radius 1 is 0.620 bits per heavy atom. The van der Waals surface area contributed by atoms with Crippen molar-refractivity contribution in [1.29, 1.82) is 0 Å². The molecule has 0 bridgehead atoms. The van der Waals surface area contributed by atoms with Crippen LogP contribution in [0.3, 0.4) is 0 Å². The van der Waals surface area contributed by atoms with Gasteiger partial charge in [0.25, 0.3) is 0 Å². The van der Waals surface area contributed by atoms with Gasteiger partial charge in [0.1, 0.15) is 40.8 Å². The van der Waals surface area contributed by atoms with E-state index in [-0.39, 0.29) is 67.8 Å². The van der Waals surface area contributed by atoms with E-state index >= 15 is 0 Å². The Morgan fingerprint density at radius 2 is 1.13 bits per heavy atom. The van der Waals surface area contributed by atoms with Gasteiger partial charge in [0.15, 0.2) is 0 Å². The predicted octanol–water partition coefficient (Wildman–Crippen LogP) is 4.06. The minimum absolute atomic E-state index is 0.0357. The lowest BCUT2D eigenvalue weighted by Gasteiger charge is -2.34. The molecule has 0 unspecified atom stereocenters. The maximum atomic E-state index is 14.3. The summed E-state index contributed by atoms with van der Waals surface area (Å²) < 4.78 is 0. The van der Waals surface area contributed by atoms with Crippen molar-refractivity contribution in [3.63, 3.8) is 0 Å². The Labute approximate surface area is 472 Å². The number of nitrogens with one attached hydrogen (secondary N) is 10. The Bertz CT molecular complexity index is 2120. The topological polar surface area (TPSA) is 284 Å². The van der Waals surface area contributed by atoms with Gasteiger partial charge in [-0.2, -0.15) is 0 Å². The molecular weight excluding hydrogens is 1010 g/mol. The van der Waals surface area contributed by atoms with Crippen LogP contribution in [0.5, 0.6) is 0 Å². The average Bonchev–Trinajstić information content (AvgIpc) is 4.03. The number of unbranched alkanes of at least 4 members (excludes halogenated alkanes) is 5. The minimum atomic E-state index is -1.60. The first-order chi connectivity index (χ1) is 36.8. The fourth-order valence-corrected chi connectivity index (χ4v) is 9.51. The fraction of sp³-hybridized carbons (Fsp3) is 0.776. The number of rotatable bonds is 36. The summed E-state index contributed by atoms with van der Waals surface area (Å²) in [6.45, 7) is 26.3. The molecule has 0 aliphatic carbocycles. The Kier molecular flexibility index (Phi) is 29.3. The summed E-state index contributed by atoms with van der Waals surface area (Å²) in [5, 5.41) is 25.4. The number of likely N-dealkylation sites (tertiary alicyclic amines) is 1. The van der Waals surface area contributed by atoms with Crippen molar-refractivity contribution in [2.24, 2.45) is 17.8 Å². The van der Waals surface area contributed by atoms with Crippen LogP contribution in [0.25, 0.3) is 0 Å². The smallest absolute Gasteiger partial charge is 0.246 e. The van der Waals surface area contributed by atoms with E-state index < -0.39 is 88.2 Å². The summed E-state index contributed by atoms with van der Waals surface area (Å²) in [5.74, 6) is -5.02. The molecular formula is C58H104N12O9. The van der Waals surface area contributed by atoms with Gasteiger partial charge >= 0.3 is 0 Å². The first-order valence-electron chi connectivity index (χ1n) is 29.1. The third kappa shape index (κ3) is 25.6. The van der Waals surface area contributed by atoms with E-state index in [1.54, 1.807) is 0 Å². The van der Waals surface area contributed by atoms with Crippen molar-refractivity contribution in [3.8, 4) is 0 Å². The zero-order chi connectivity index (χ0) is 59.8. The second-order valence-electron chi connectivity index (χ2n) is 25.0. The van der Waals surface area contributed by atoms with Gasteiger partial charge in [0.2, 0.25) is 53.2 Å². The van der Waals surface area contributed by atoms with E-state index in [2.05, 4.69) is 64.7 Å². The number of H-pyrrole nitrogens is 1. The standard InChI is InChI=1S/C58H104N12O9/c1-17-18-19-20-21-22-26-42(62-52(76)46-27-24-31-70(46)36-41-25-23-29-59-41)48(72)63-44(33-38(4)5)50(74)66-57(11,12)54(78)65-43(32-37(2)3)49(73)64-45(34-39(6)7)51(75)67-58(13,14)55(79)68-56(9,10)53(77)60-30-28-47(71)61-40(8)35-69(15)16/h23,25,29,37-40,42-46,59H,17-22,24,26-28,30-36H2,1-16H3,(H,60,77)(H,61,71)(H,62,76)(H,63,72)(H,64,73)(H,65,78)(H,66,74)(H,67,75)(H,68,79)/t40-,42-,43-,44-,45-,46-/m0/s1. The van der Waals surface area contributed by atoms with E-state index in [1.807, 2.05) is 85.8 Å². The summed E-state index contributed by atoms with van der Waals surface area (Å²) in [5.41, 5.74) is -3.61. The van der Waals surface area contributed by atoms with Crippen LogP contribution in [0.2, 0.25) is 0 Å². The summed E-state index contributed by atoms with van der Waals surface area (Å²) in [4.78, 5) is 132. The second kappa shape index (κ2) is 33.2. The van der Waals surface area contributed by atoms with Gasteiger partial charge in [-0.3, -0.25) is 48.1 Å². The molecule has 9 amide bonds. The number of hydrogen-bond acceptors (Lipinski definition) is 11. The predicted molar refractivity (Wildman–Crippen MR) is 309 cm³/mol. The summed E-state index contributed by atoms with van der Waals surface area (Å²) >= 11 is 0. The van der Waals surface area contributed by atoms with Gasteiger partial charge in [0.05, 0.1) is 6.04 Å². The molecule has 1 saturated heterocycles. The molecule has 450 valence electrons. The van der Waals surface area contributed by atoms with Crippen LogP contribution in [0, 0.1) is 17.8 Å². The number of hydrogen-bond donors (Lipinski definition) is 10. The molecule has 6 atom stereocenters. The molecule has 79 heavy (non-hydrogen) atoms. The molecule has 1 aliphatic rings. The van der Waals surface area contributed by atoms with Crippen LogP contribution >= 0.6 is 0 Å². The average molecular weight is 1110 g/mol. The number of nitrogens with zero attached hydrogens (tertiary/aromatic N) is 2. The van der Waals surface area contributed by atoms with Gasteiger partial charge in [-0.1, -0.05) is 87.0 Å². The van der Waals surface area contributed by atoms with E-state index in [0.29, 0.717) is 32.4 Å².